The smallest absolute Gasteiger partial charge is 0.224 e. The highest BCUT2D eigenvalue weighted by Gasteiger charge is 2.27. The van der Waals surface area contributed by atoms with E-state index in [0.717, 1.165) is 25.6 Å². The Labute approximate surface area is 174 Å². The van der Waals surface area contributed by atoms with Gasteiger partial charge in [-0.1, -0.05) is 18.6 Å². The van der Waals surface area contributed by atoms with Gasteiger partial charge in [-0.3, -0.25) is 14.7 Å². The van der Waals surface area contributed by atoms with Crippen molar-refractivity contribution in [3.63, 3.8) is 0 Å². The molecule has 0 spiro atoms. The third-order valence-corrected chi connectivity index (χ3v) is 5.17. The van der Waals surface area contributed by atoms with E-state index in [1.807, 2.05) is 6.92 Å². The van der Waals surface area contributed by atoms with Crippen LogP contribution in [0.4, 0.5) is 4.39 Å². The zero-order valence-electron chi connectivity index (χ0n) is 18.1. The summed E-state index contributed by atoms with van der Waals surface area (Å²) >= 11 is 0. The molecule has 1 heterocycles. The molecule has 2 rings (SSSR count). The first-order valence-electron chi connectivity index (χ1n) is 10.7. The highest BCUT2D eigenvalue weighted by atomic mass is 19.1. The van der Waals surface area contributed by atoms with Gasteiger partial charge in [-0.25, -0.2) is 4.39 Å². The molecule has 1 fully saturated rings. The fourth-order valence-corrected chi connectivity index (χ4v) is 3.49. The van der Waals surface area contributed by atoms with Crippen molar-refractivity contribution in [3.05, 3.63) is 35.6 Å². The van der Waals surface area contributed by atoms with Crippen molar-refractivity contribution in [1.82, 2.24) is 20.9 Å². The highest BCUT2D eigenvalue weighted by Crippen LogP contribution is 2.20. The molecule has 1 aromatic carbocycles. The minimum atomic E-state index is -0.323. The number of piperidine rings is 1. The van der Waals surface area contributed by atoms with Crippen LogP contribution in [0.25, 0.3) is 0 Å². The molecule has 29 heavy (non-hydrogen) atoms. The zero-order valence-corrected chi connectivity index (χ0v) is 18.1. The molecular formula is C22H36FN5O. The maximum absolute atomic E-state index is 13.2. The Morgan fingerprint density at radius 1 is 1.14 bits per heavy atom. The molecule has 162 valence electrons. The number of carbonyl (C=O) groups excluding carboxylic acids is 1. The lowest BCUT2D eigenvalue weighted by atomic mass is 9.99. The van der Waals surface area contributed by atoms with Crippen LogP contribution >= 0.6 is 0 Å². The van der Waals surface area contributed by atoms with Gasteiger partial charge in [-0.15, -0.1) is 0 Å². The van der Waals surface area contributed by atoms with E-state index < -0.39 is 0 Å². The first-order valence-corrected chi connectivity index (χ1v) is 10.7. The lowest BCUT2D eigenvalue weighted by molar-refractivity contribution is -0.120. The number of halogens is 1. The fourth-order valence-electron chi connectivity index (χ4n) is 3.49. The second-order valence-corrected chi connectivity index (χ2v) is 8.14. The highest BCUT2D eigenvalue weighted by molar-refractivity contribution is 5.80. The SMILES string of the molecule is CCNC(=NCC(C)(C)N1CCCCC1)NCCNC(=O)Cc1cccc(F)c1. The van der Waals surface area contributed by atoms with E-state index >= 15 is 0 Å². The molecule has 0 bridgehead atoms. The number of benzene rings is 1. The third-order valence-electron chi connectivity index (χ3n) is 5.17. The van der Waals surface area contributed by atoms with Gasteiger partial charge >= 0.3 is 0 Å². The van der Waals surface area contributed by atoms with Crippen molar-refractivity contribution >= 4 is 11.9 Å². The third kappa shape index (κ3) is 8.40. The van der Waals surface area contributed by atoms with E-state index in [1.54, 1.807) is 12.1 Å². The fraction of sp³-hybridized carbons (Fsp3) is 0.636. The van der Waals surface area contributed by atoms with Crippen LogP contribution in [0.15, 0.2) is 29.3 Å². The second kappa shape index (κ2) is 11.8. The van der Waals surface area contributed by atoms with Crippen molar-refractivity contribution < 1.29 is 9.18 Å². The summed E-state index contributed by atoms with van der Waals surface area (Å²) in [5, 5.41) is 9.39. The molecule has 0 atom stereocenters. The van der Waals surface area contributed by atoms with Gasteiger partial charge in [0.15, 0.2) is 5.96 Å². The summed E-state index contributed by atoms with van der Waals surface area (Å²) in [7, 11) is 0. The number of hydrogen-bond acceptors (Lipinski definition) is 3. The van der Waals surface area contributed by atoms with Gasteiger partial charge in [0.2, 0.25) is 5.91 Å². The quantitative estimate of drug-likeness (QED) is 0.335. The minimum Gasteiger partial charge on any atom is -0.357 e. The zero-order chi connectivity index (χ0) is 21.1. The molecule has 0 aromatic heterocycles. The van der Waals surface area contributed by atoms with Crippen LogP contribution in [0, 0.1) is 5.82 Å². The van der Waals surface area contributed by atoms with Crippen LogP contribution in [-0.2, 0) is 11.2 Å². The van der Waals surface area contributed by atoms with Crippen LogP contribution in [0.1, 0.15) is 45.6 Å². The molecule has 3 N–H and O–H groups in total. The van der Waals surface area contributed by atoms with Crippen LogP contribution in [0.2, 0.25) is 0 Å². The number of guanidine groups is 1. The molecule has 0 saturated carbocycles. The number of likely N-dealkylation sites (tertiary alicyclic amines) is 1. The summed E-state index contributed by atoms with van der Waals surface area (Å²) in [4.78, 5) is 19.3. The average molecular weight is 406 g/mol. The summed E-state index contributed by atoms with van der Waals surface area (Å²) in [5.41, 5.74) is 0.701. The molecule has 6 nitrogen and oxygen atoms in total. The summed E-state index contributed by atoms with van der Waals surface area (Å²) < 4.78 is 13.2. The Balaban J connectivity index is 1.75. The number of rotatable bonds is 9. The van der Waals surface area contributed by atoms with Crippen molar-refractivity contribution in [2.24, 2.45) is 4.99 Å². The van der Waals surface area contributed by atoms with Crippen LogP contribution in [0.3, 0.4) is 0 Å². The van der Waals surface area contributed by atoms with Crippen LogP contribution in [-0.4, -0.2) is 61.6 Å². The maximum Gasteiger partial charge on any atom is 0.224 e. The lowest BCUT2D eigenvalue weighted by Crippen LogP contribution is -2.50. The molecule has 7 heteroatoms. The van der Waals surface area contributed by atoms with Gasteiger partial charge in [0, 0.05) is 25.2 Å². The van der Waals surface area contributed by atoms with E-state index in [2.05, 4.69) is 34.7 Å². The van der Waals surface area contributed by atoms with Crippen molar-refractivity contribution in [1.29, 1.82) is 0 Å². The predicted octanol–water partition coefficient (Wildman–Crippen LogP) is 2.30. The number of hydrogen-bond donors (Lipinski definition) is 3. The first-order chi connectivity index (χ1) is 13.9. The molecule has 1 aliphatic heterocycles. The molecule has 1 saturated heterocycles. The van der Waals surface area contributed by atoms with Gasteiger partial charge < -0.3 is 16.0 Å². The topological polar surface area (TPSA) is 68.8 Å². The van der Waals surface area contributed by atoms with Gasteiger partial charge in [0.1, 0.15) is 5.82 Å². The van der Waals surface area contributed by atoms with E-state index in [-0.39, 0.29) is 23.7 Å². The number of carbonyl (C=O) groups is 1. The molecule has 1 amide bonds. The Morgan fingerprint density at radius 2 is 1.86 bits per heavy atom. The van der Waals surface area contributed by atoms with Crippen molar-refractivity contribution in [3.8, 4) is 0 Å². The Kier molecular flexibility index (Phi) is 9.38. The van der Waals surface area contributed by atoms with Crippen molar-refractivity contribution in [2.45, 2.75) is 52.0 Å². The summed E-state index contributed by atoms with van der Waals surface area (Å²) in [5.74, 6) is 0.318. The standard InChI is InChI=1S/C22H36FN5O/c1-4-24-21(27-17-22(2,3)28-13-6-5-7-14-28)26-12-11-25-20(29)16-18-9-8-10-19(23)15-18/h8-10,15H,4-7,11-14,16-17H2,1-3H3,(H,25,29)(H2,24,26,27). The maximum atomic E-state index is 13.2. The molecule has 0 aliphatic carbocycles. The number of nitrogens with one attached hydrogen (secondary N) is 3. The first kappa shape index (κ1) is 23.1. The van der Waals surface area contributed by atoms with E-state index in [0.29, 0.717) is 25.2 Å². The van der Waals surface area contributed by atoms with Crippen molar-refractivity contribution in [2.75, 3.05) is 39.3 Å². The molecule has 0 radical (unpaired) electrons. The number of amides is 1. The second-order valence-electron chi connectivity index (χ2n) is 8.14. The van der Waals surface area contributed by atoms with Gasteiger partial charge in [-0.05, 0) is 64.4 Å². The number of aliphatic imine (C=N–C) groups is 1. The van der Waals surface area contributed by atoms with E-state index in [4.69, 9.17) is 4.99 Å². The molecule has 1 aliphatic rings. The molecular weight excluding hydrogens is 369 g/mol. The molecule has 0 unspecified atom stereocenters. The summed E-state index contributed by atoms with van der Waals surface area (Å²) in [6.45, 7) is 11.4. The van der Waals surface area contributed by atoms with Crippen LogP contribution in [0.5, 0.6) is 0 Å². The van der Waals surface area contributed by atoms with E-state index in [1.165, 1.54) is 31.4 Å². The minimum absolute atomic E-state index is 0.0297. The predicted molar refractivity (Wildman–Crippen MR) is 117 cm³/mol. The van der Waals surface area contributed by atoms with E-state index in [9.17, 15) is 9.18 Å². The Hall–Kier alpha value is -2.15. The van der Waals surface area contributed by atoms with Crippen LogP contribution < -0.4 is 16.0 Å². The summed E-state index contributed by atoms with van der Waals surface area (Å²) in [6, 6.07) is 6.13. The lowest BCUT2D eigenvalue weighted by Gasteiger charge is -2.40. The number of nitrogens with zero attached hydrogens (tertiary/aromatic N) is 2. The largest absolute Gasteiger partial charge is 0.357 e. The average Bonchev–Trinajstić information content (AvgIpc) is 2.70. The molecule has 1 aromatic rings. The van der Waals surface area contributed by atoms with Gasteiger partial charge in [-0.2, -0.15) is 0 Å². The Bertz CT molecular complexity index is 671. The monoisotopic (exact) mass is 405 g/mol. The Morgan fingerprint density at radius 3 is 2.55 bits per heavy atom. The van der Waals surface area contributed by atoms with Gasteiger partial charge in [0.05, 0.1) is 13.0 Å². The van der Waals surface area contributed by atoms with Gasteiger partial charge in [0.25, 0.3) is 0 Å². The summed E-state index contributed by atoms with van der Waals surface area (Å²) in [6.07, 6.45) is 4.03. The normalized spacial score (nSPS) is 15.8.